The molecule has 0 radical (unpaired) electrons. The molecule has 21 heavy (non-hydrogen) atoms. The van der Waals surface area contributed by atoms with Crippen molar-refractivity contribution in [1.29, 1.82) is 0 Å². The first-order chi connectivity index (χ1) is 10.1. The number of hydrogen-bond donors (Lipinski definition) is 1. The number of benzene rings is 1. The van der Waals surface area contributed by atoms with Crippen LogP contribution in [0.2, 0.25) is 0 Å². The third kappa shape index (κ3) is 5.01. The molecule has 1 aromatic carbocycles. The first-order valence-corrected chi connectivity index (χ1v) is 8.20. The molecule has 1 aliphatic heterocycles. The summed E-state index contributed by atoms with van der Waals surface area (Å²) in [5, 5.41) is 10.2. The maximum Gasteiger partial charge on any atom is 0.119 e. The van der Waals surface area contributed by atoms with Gasteiger partial charge in [-0.25, -0.2) is 0 Å². The molecule has 0 spiro atoms. The average molecular weight is 291 g/mol. The lowest BCUT2D eigenvalue weighted by Crippen LogP contribution is -2.43. The van der Waals surface area contributed by atoms with E-state index in [2.05, 4.69) is 37.8 Å². The first kappa shape index (κ1) is 16.3. The number of rotatable bonds is 6. The van der Waals surface area contributed by atoms with Crippen LogP contribution in [0.15, 0.2) is 24.3 Å². The Kier molecular flexibility index (Phi) is 6.07. The third-order valence-electron chi connectivity index (χ3n) is 4.23. The van der Waals surface area contributed by atoms with E-state index < -0.39 is 0 Å². The van der Waals surface area contributed by atoms with Crippen molar-refractivity contribution in [2.75, 3.05) is 26.2 Å². The van der Waals surface area contributed by atoms with Gasteiger partial charge in [0.25, 0.3) is 0 Å². The van der Waals surface area contributed by atoms with Crippen LogP contribution in [-0.2, 0) is 6.42 Å². The highest BCUT2D eigenvalue weighted by Crippen LogP contribution is 2.22. The second kappa shape index (κ2) is 7.81. The van der Waals surface area contributed by atoms with Gasteiger partial charge in [-0.1, -0.05) is 32.9 Å². The van der Waals surface area contributed by atoms with Gasteiger partial charge in [0.1, 0.15) is 5.75 Å². The summed E-state index contributed by atoms with van der Waals surface area (Å²) >= 11 is 0. The summed E-state index contributed by atoms with van der Waals surface area (Å²) in [6, 6.07) is 8.36. The van der Waals surface area contributed by atoms with E-state index in [-0.39, 0.29) is 6.10 Å². The second-order valence-electron chi connectivity index (χ2n) is 6.56. The lowest BCUT2D eigenvalue weighted by atomic mass is 9.89. The second-order valence-corrected chi connectivity index (χ2v) is 6.56. The predicted octanol–water partition coefficient (Wildman–Crippen LogP) is 2.97. The Bertz CT molecular complexity index is 416. The molecule has 1 saturated heterocycles. The fourth-order valence-corrected chi connectivity index (χ4v) is 2.87. The van der Waals surface area contributed by atoms with Gasteiger partial charge in [-0.2, -0.15) is 0 Å². The molecule has 1 aromatic rings. The Hall–Kier alpha value is -1.06. The zero-order valence-electron chi connectivity index (χ0n) is 13.6. The normalized spacial score (nSPS) is 23.5. The summed E-state index contributed by atoms with van der Waals surface area (Å²) in [7, 11) is 0. The van der Waals surface area contributed by atoms with E-state index in [1.807, 2.05) is 12.1 Å². The number of likely N-dealkylation sites (tertiary alicyclic amines) is 1. The number of aliphatic hydroxyl groups is 1. The zero-order valence-corrected chi connectivity index (χ0v) is 13.6. The molecule has 0 aliphatic carbocycles. The summed E-state index contributed by atoms with van der Waals surface area (Å²) < 4.78 is 5.71. The molecule has 2 unspecified atom stereocenters. The van der Waals surface area contributed by atoms with Crippen LogP contribution in [0.3, 0.4) is 0 Å². The highest BCUT2D eigenvalue weighted by molar-refractivity contribution is 5.27. The van der Waals surface area contributed by atoms with Crippen LogP contribution in [0, 0.1) is 11.8 Å². The van der Waals surface area contributed by atoms with Gasteiger partial charge < -0.3 is 14.7 Å². The summed E-state index contributed by atoms with van der Waals surface area (Å²) in [6.07, 6.45) is 1.68. The molecule has 1 fully saturated rings. The van der Waals surface area contributed by atoms with Crippen molar-refractivity contribution < 1.29 is 9.84 Å². The van der Waals surface area contributed by atoms with Crippen LogP contribution in [0.4, 0.5) is 0 Å². The van der Waals surface area contributed by atoms with Crippen molar-refractivity contribution in [1.82, 2.24) is 4.90 Å². The highest BCUT2D eigenvalue weighted by Gasteiger charge is 2.26. The van der Waals surface area contributed by atoms with E-state index in [0.29, 0.717) is 11.8 Å². The molecule has 1 N–H and O–H groups in total. The van der Waals surface area contributed by atoms with Gasteiger partial charge in [0.15, 0.2) is 0 Å². The Morgan fingerprint density at radius 3 is 2.62 bits per heavy atom. The fraction of sp³-hybridized carbons (Fsp3) is 0.667. The maximum absolute atomic E-state index is 10.2. The summed E-state index contributed by atoms with van der Waals surface area (Å²) in [6.45, 7) is 10.4. The average Bonchev–Trinajstić information content (AvgIpc) is 2.48. The Labute approximate surface area is 128 Å². The highest BCUT2D eigenvalue weighted by atomic mass is 16.5. The number of hydrogen-bond acceptors (Lipinski definition) is 3. The van der Waals surface area contributed by atoms with Crippen molar-refractivity contribution in [3.63, 3.8) is 0 Å². The van der Waals surface area contributed by atoms with Gasteiger partial charge in [0, 0.05) is 19.0 Å². The topological polar surface area (TPSA) is 32.7 Å². The van der Waals surface area contributed by atoms with Gasteiger partial charge in [-0.15, -0.1) is 0 Å². The van der Waals surface area contributed by atoms with Crippen LogP contribution in [0.1, 0.15) is 32.8 Å². The number of piperidine rings is 1. The van der Waals surface area contributed by atoms with Crippen LogP contribution in [0.5, 0.6) is 5.75 Å². The van der Waals surface area contributed by atoms with Gasteiger partial charge in [-0.3, -0.25) is 0 Å². The minimum absolute atomic E-state index is 0.162. The minimum atomic E-state index is -0.162. The molecule has 2 atom stereocenters. The fourth-order valence-electron chi connectivity index (χ4n) is 2.87. The lowest BCUT2D eigenvalue weighted by molar-refractivity contribution is 0.0290. The molecule has 1 heterocycles. The van der Waals surface area contributed by atoms with Crippen molar-refractivity contribution in [2.45, 2.75) is 39.7 Å². The largest absolute Gasteiger partial charge is 0.493 e. The van der Waals surface area contributed by atoms with E-state index in [0.717, 1.165) is 44.8 Å². The quantitative estimate of drug-likeness (QED) is 0.874. The van der Waals surface area contributed by atoms with Crippen molar-refractivity contribution >= 4 is 0 Å². The van der Waals surface area contributed by atoms with Crippen LogP contribution in [0.25, 0.3) is 0 Å². The number of ether oxygens (including phenoxy) is 1. The molecule has 0 saturated carbocycles. The van der Waals surface area contributed by atoms with Gasteiger partial charge in [-0.05, 0) is 43.0 Å². The van der Waals surface area contributed by atoms with Crippen molar-refractivity contribution in [2.24, 2.45) is 11.8 Å². The van der Waals surface area contributed by atoms with Crippen LogP contribution >= 0.6 is 0 Å². The van der Waals surface area contributed by atoms with E-state index in [1.165, 1.54) is 5.56 Å². The van der Waals surface area contributed by atoms with Crippen LogP contribution < -0.4 is 4.74 Å². The van der Waals surface area contributed by atoms with E-state index in [1.54, 1.807) is 0 Å². The van der Waals surface area contributed by atoms with E-state index in [9.17, 15) is 5.11 Å². The van der Waals surface area contributed by atoms with Gasteiger partial charge in [0.2, 0.25) is 0 Å². The molecule has 1 aliphatic rings. The monoisotopic (exact) mass is 291 g/mol. The molecular formula is C18H29NO2. The Morgan fingerprint density at radius 1 is 1.29 bits per heavy atom. The van der Waals surface area contributed by atoms with Gasteiger partial charge >= 0.3 is 0 Å². The van der Waals surface area contributed by atoms with Gasteiger partial charge in [0.05, 0.1) is 12.7 Å². The smallest absolute Gasteiger partial charge is 0.119 e. The molecule has 0 aromatic heterocycles. The zero-order chi connectivity index (χ0) is 15.2. The lowest BCUT2D eigenvalue weighted by Gasteiger charge is -2.35. The summed E-state index contributed by atoms with van der Waals surface area (Å²) in [4.78, 5) is 2.43. The van der Waals surface area contributed by atoms with E-state index in [4.69, 9.17) is 4.74 Å². The Morgan fingerprint density at radius 2 is 2.00 bits per heavy atom. The molecule has 3 nitrogen and oxygen atoms in total. The van der Waals surface area contributed by atoms with Crippen molar-refractivity contribution in [3.8, 4) is 5.75 Å². The van der Waals surface area contributed by atoms with Crippen molar-refractivity contribution in [3.05, 3.63) is 29.8 Å². The van der Waals surface area contributed by atoms with Crippen LogP contribution in [-0.4, -0.2) is 42.4 Å². The van der Waals surface area contributed by atoms with E-state index >= 15 is 0 Å². The molecule has 3 heteroatoms. The molecule has 118 valence electrons. The SMILES string of the molecule is CCN1CCC(O)C(Cc2ccc(OCC(C)C)cc2)C1. The predicted molar refractivity (Wildman–Crippen MR) is 86.7 cm³/mol. The molecule has 2 rings (SSSR count). The number of aliphatic hydroxyl groups excluding tert-OH is 1. The Balaban J connectivity index is 1.90. The first-order valence-electron chi connectivity index (χ1n) is 8.20. The maximum atomic E-state index is 10.2. The summed E-state index contributed by atoms with van der Waals surface area (Å²) in [5.41, 5.74) is 1.29. The molecule has 0 amide bonds. The minimum Gasteiger partial charge on any atom is -0.493 e. The summed E-state index contributed by atoms with van der Waals surface area (Å²) in [5.74, 6) is 1.83. The standard InChI is InChI=1S/C18H29NO2/c1-4-19-10-9-18(20)16(12-19)11-15-5-7-17(8-6-15)21-13-14(2)3/h5-8,14,16,18,20H,4,9-13H2,1-3H3. The molecule has 0 bridgehead atoms. The molecular weight excluding hydrogens is 262 g/mol. The number of nitrogens with zero attached hydrogens (tertiary/aromatic N) is 1. The third-order valence-corrected chi connectivity index (χ3v) is 4.23.